The van der Waals surface area contributed by atoms with Crippen molar-refractivity contribution in [2.75, 3.05) is 25.0 Å². The van der Waals surface area contributed by atoms with Gasteiger partial charge in [-0.05, 0) is 54.5 Å². The van der Waals surface area contributed by atoms with Crippen LogP contribution in [0.15, 0.2) is 41.3 Å². The van der Waals surface area contributed by atoms with Gasteiger partial charge in [0.1, 0.15) is 11.0 Å². The predicted octanol–water partition coefficient (Wildman–Crippen LogP) is 2.15. The highest BCUT2D eigenvalue weighted by Gasteiger charge is 2.23. The van der Waals surface area contributed by atoms with Gasteiger partial charge in [0.2, 0.25) is 10.0 Å². The summed E-state index contributed by atoms with van der Waals surface area (Å²) in [5.41, 5.74) is 3.50. The maximum absolute atomic E-state index is 12.8. The van der Waals surface area contributed by atoms with E-state index in [0.717, 1.165) is 16.0 Å². The fraction of sp³-hybridized carbons (Fsp3) is 0.350. The molecule has 10 heteroatoms. The van der Waals surface area contributed by atoms with Crippen LogP contribution in [-0.4, -0.2) is 53.5 Å². The highest BCUT2D eigenvalue weighted by molar-refractivity contribution is 7.89. The normalized spacial score (nSPS) is 11.8. The third-order valence-electron chi connectivity index (χ3n) is 4.71. The van der Waals surface area contributed by atoms with E-state index in [4.69, 9.17) is 4.84 Å². The Kier molecular flexibility index (Phi) is 6.37. The molecule has 0 saturated heterocycles. The van der Waals surface area contributed by atoms with E-state index in [1.54, 1.807) is 19.9 Å². The largest absolute Gasteiger partial charge is 0.385 e. The molecule has 2 aromatic carbocycles. The zero-order valence-electron chi connectivity index (χ0n) is 17.4. The molecule has 9 nitrogen and oxygen atoms in total. The lowest BCUT2D eigenvalue weighted by Gasteiger charge is -2.18. The van der Waals surface area contributed by atoms with Gasteiger partial charge in [0.25, 0.3) is 5.91 Å². The van der Waals surface area contributed by atoms with Crippen LogP contribution < -0.4 is 10.2 Å². The number of aromatic nitrogens is 3. The summed E-state index contributed by atoms with van der Waals surface area (Å²) in [4.78, 5) is 19.0. The second-order valence-electron chi connectivity index (χ2n) is 6.84. The molecule has 0 radical (unpaired) electrons. The number of amides is 1. The van der Waals surface area contributed by atoms with Crippen LogP contribution in [0.5, 0.6) is 0 Å². The summed E-state index contributed by atoms with van der Waals surface area (Å²) in [5.74, 6) is -0.362. The highest BCUT2D eigenvalue weighted by atomic mass is 32.2. The molecule has 1 amide bonds. The Morgan fingerprint density at radius 2 is 1.87 bits per heavy atom. The minimum absolute atomic E-state index is 0.116. The number of carbonyl (C=O) groups excluding carboxylic acids is 1. The van der Waals surface area contributed by atoms with Crippen molar-refractivity contribution in [2.24, 2.45) is 0 Å². The van der Waals surface area contributed by atoms with Crippen molar-refractivity contribution >= 4 is 32.7 Å². The topological polar surface area (TPSA) is 106 Å². The first kappa shape index (κ1) is 21.7. The number of carbonyl (C=O) groups is 1. The summed E-state index contributed by atoms with van der Waals surface area (Å²) < 4.78 is 26.9. The van der Waals surface area contributed by atoms with Crippen molar-refractivity contribution in [3.8, 4) is 0 Å². The third-order valence-corrected chi connectivity index (χ3v) is 6.76. The molecule has 0 aliphatic heterocycles. The van der Waals surface area contributed by atoms with E-state index in [-0.39, 0.29) is 17.4 Å². The molecule has 0 spiro atoms. The zero-order valence-corrected chi connectivity index (χ0v) is 18.2. The lowest BCUT2D eigenvalue weighted by molar-refractivity contribution is -0.121. The van der Waals surface area contributed by atoms with Crippen molar-refractivity contribution in [3.05, 3.63) is 47.5 Å². The number of hydrogen-bond donors (Lipinski definition) is 1. The van der Waals surface area contributed by atoms with Crippen molar-refractivity contribution in [1.82, 2.24) is 19.5 Å². The molecule has 1 heterocycles. The van der Waals surface area contributed by atoms with Crippen molar-refractivity contribution in [2.45, 2.75) is 32.6 Å². The van der Waals surface area contributed by atoms with Gasteiger partial charge in [-0.3, -0.25) is 4.79 Å². The van der Waals surface area contributed by atoms with Gasteiger partial charge < -0.3 is 10.2 Å². The quantitative estimate of drug-likeness (QED) is 0.586. The van der Waals surface area contributed by atoms with Crippen molar-refractivity contribution in [3.63, 3.8) is 0 Å². The number of sulfonamides is 1. The minimum Gasteiger partial charge on any atom is -0.385 e. The second kappa shape index (κ2) is 8.80. The lowest BCUT2D eigenvalue weighted by atomic mass is 10.1. The molecule has 3 rings (SSSR count). The molecule has 0 fully saturated rings. The van der Waals surface area contributed by atoms with E-state index < -0.39 is 10.0 Å². The zero-order chi connectivity index (χ0) is 21.9. The number of anilines is 1. The molecule has 0 saturated carbocycles. The monoisotopic (exact) mass is 431 g/mol. The first-order valence-corrected chi connectivity index (χ1v) is 11.1. The number of nitrogens with zero attached hydrogens (tertiary/aromatic N) is 4. The fourth-order valence-electron chi connectivity index (χ4n) is 3.02. The number of aryl methyl sites for hydroxylation is 2. The van der Waals surface area contributed by atoms with E-state index in [9.17, 15) is 13.2 Å². The number of fused-ring (bicyclic) bond motifs is 1. The fourth-order valence-corrected chi connectivity index (χ4v) is 4.50. The first-order valence-electron chi connectivity index (χ1n) is 9.62. The van der Waals surface area contributed by atoms with Gasteiger partial charge in [-0.2, -0.15) is 4.31 Å². The van der Waals surface area contributed by atoms with Crippen LogP contribution in [0.1, 0.15) is 25.0 Å². The van der Waals surface area contributed by atoms with E-state index in [0.29, 0.717) is 29.8 Å². The van der Waals surface area contributed by atoms with E-state index >= 15 is 0 Å². The summed E-state index contributed by atoms with van der Waals surface area (Å²) in [6.45, 7) is 7.83. The summed E-state index contributed by atoms with van der Waals surface area (Å²) in [5, 5.41) is 10.6. The van der Waals surface area contributed by atoms with Gasteiger partial charge in [0.15, 0.2) is 6.61 Å². The third kappa shape index (κ3) is 4.44. The van der Waals surface area contributed by atoms with Crippen LogP contribution in [-0.2, 0) is 14.8 Å². The molecule has 30 heavy (non-hydrogen) atoms. The summed E-state index contributed by atoms with van der Waals surface area (Å²) >= 11 is 0. The Morgan fingerprint density at radius 1 is 1.13 bits per heavy atom. The Labute approximate surface area is 175 Å². The molecular weight excluding hydrogens is 406 g/mol. The maximum atomic E-state index is 12.8. The predicted molar refractivity (Wildman–Crippen MR) is 114 cm³/mol. The van der Waals surface area contributed by atoms with Gasteiger partial charge >= 0.3 is 0 Å². The average molecular weight is 432 g/mol. The maximum Gasteiger partial charge on any atom is 0.265 e. The van der Waals surface area contributed by atoms with Gasteiger partial charge in [-0.15, -0.1) is 5.10 Å². The van der Waals surface area contributed by atoms with Crippen molar-refractivity contribution < 1.29 is 18.0 Å². The smallest absolute Gasteiger partial charge is 0.265 e. The molecule has 0 unspecified atom stereocenters. The van der Waals surface area contributed by atoms with Crippen LogP contribution in [0.2, 0.25) is 0 Å². The van der Waals surface area contributed by atoms with Gasteiger partial charge in [0.05, 0.1) is 4.90 Å². The Hall–Kier alpha value is -2.98. The molecule has 3 aromatic rings. The lowest BCUT2D eigenvalue weighted by Crippen LogP contribution is -2.30. The molecule has 0 atom stereocenters. The van der Waals surface area contributed by atoms with Crippen LogP contribution in [0.4, 0.5) is 5.69 Å². The number of benzene rings is 2. The SMILES string of the molecule is CCN(CC)S(=O)(=O)c1ccc2nnn(OCC(=O)Nc3cc(C)ccc3C)c2c1. The summed E-state index contributed by atoms with van der Waals surface area (Å²) in [6.07, 6.45) is 0. The Balaban J connectivity index is 1.78. The van der Waals surface area contributed by atoms with Gasteiger partial charge in [-0.1, -0.05) is 30.8 Å². The van der Waals surface area contributed by atoms with Crippen molar-refractivity contribution in [1.29, 1.82) is 0 Å². The van der Waals surface area contributed by atoms with E-state index in [2.05, 4.69) is 15.6 Å². The second-order valence-corrected chi connectivity index (χ2v) is 8.78. The number of hydrogen-bond acceptors (Lipinski definition) is 6. The molecule has 1 aromatic heterocycles. The van der Waals surface area contributed by atoms with Crippen LogP contribution in [0.25, 0.3) is 11.0 Å². The Morgan fingerprint density at radius 3 is 2.57 bits per heavy atom. The molecule has 0 bridgehead atoms. The highest BCUT2D eigenvalue weighted by Crippen LogP contribution is 2.20. The molecule has 160 valence electrons. The Bertz CT molecular complexity index is 1170. The first-order chi connectivity index (χ1) is 14.3. The van der Waals surface area contributed by atoms with Gasteiger partial charge in [0, 0.05) is 18.8 Å². The minimum atomic E-state index is -3.64. The molecule has 0 aliphatic carbocycles. The molecular formula is C20H25N5O4S. The summed E-state index contributed by atoms with van der Waals surface area (Å²) in [6, 6.07) is 10.3. The van der Waals surface area contributed by atoms with Gasteiger partial charge in [-0.25, -0.2) is 8.42 Å². The van der Waals surface area contributed by atoms with E-state index in [1.807, 2.05) is 32.0 Å². The van der Waals surface area contributed by atoms with Crippen LogP contribution in [0, 0.1) is 13.8 Å². The molecule has 1 N–H and O–H groups in total. The number of nitrogens with one attached hydrogen (secondary N) is 1. The summed E-state index contributed by atoms with van der Waals surface area (Å²) in [7, 11) is -3.64. The van der Waals surface area contributed by atoms with Crippen LogP contribution >= 0.6 is 0 Å². The van der Waals surface area contributed by atoms with E-state index in [1.165, 1.54) is 16.4 Å². The standard InChI is InChI=1S/C20H25N5O4S/c1-5-24(6-2)30(27,28)16-9-10-17-19(12-16)25(23-22-17)29-13-20(26)21-18-11-14(3)7-8-15(18)4/h7-12H,5-6,13H2,1-4H3,(H,21,26). The average Bonchev–Trinajstić information content (AvgIpc) is 3.12. The molecule has 0 aliphatic rings. The van der Waals surface area contributed by atoms with Crippen LogP contribution in [0.3, 0.4) is 0 Å². The number of rotatable bonds is 8.